The molecule has 0 saturated carbocycles. The number of methoxy groups -OCH3 is 1. The molecule has 2 atom stereocenters. The van der Waals surface area contributed by atoms with Gasteiger partial charge < -0.3 is 20.1 Å². The summed E-state index contributed by atoms with van der Waals surface area (Å²) in [6.07, 6.45) is 1.85. The van der Waals surface area contributed by atoms with Crippen molar-refractivity contribution >= 4 is 23.2 Å². The van der Waals surface area contributed by atoms with Gasteiger partial charge in [-0.3, -0.25) is 14.6 Å². The van der Waals surface area contributed by atoms with Crippen molar-refractivity contribution in [2.45, 2.75) is 38.0 Å². The minimum atomic E-state index is -0.823. The highest BCUT2D eigenvalue weighted by Crippen LogP contribution is 2.26. The van der Waals surface area contributed by atoms with Crippen molar-refractivity contribution in [2.24, 2.45) is 10.8 Å². The average molecular weight is 455 g/mol. The monoisotopic (exact) mass is 454 g/mol. The van der Waals surface area contributed by atoms with Crippen LogP contribution >= 0.6 is 0 Å². The van der Waals surface area contributed by atoms with Gasteiger partial charge in [-0.05, 0) is 54.8 Å². The summed E-state index contributed by atoms with van der Waals surface area (Å²) >= 11 is 0. The zero-order valence-corrected chi connectivity index (χ0v) is 18.4. The second-order valence-electron chi connectivity index (χ2n) is 8.16. The maximum absolute atomic E-state index is 13.6. The van der Waals surface area contributed by atoms with Crippen LogP contribution in [0.3, 0.4) is 0 Å². The first-order chi connectivity index (χ1) is 15.9. The summed E-state index contributed by atoms with van der Waals surface area (Å²) in [5.41, 5.74) is 7.21. The molecule has 0 spiro atoms. The number of hydrazone groups is 1. The smallest absolute Gasteiger partial charge is 0.270 e. The molecule has 0 aromatic heterocycles. The maximum atomic E-state index is 13.6. The molecule has 1 saturated heterocycles. The molecule has 9 heteroatoms. The van der Waals surface area contributed by atoms with Crippen LogP contribution in [0.25, 0.3) is 0 Å². The summed E-state index contributed by atoms with van der Waals surface area (Å²) in [7, 11) is 1.59. The Morgan fingerprint density at radius 2 is 2.06 bits per heavy atom. The van der Waals surface area contributed by atoms with E-state index in [1.807, 2.05) is 24.3 Å². The first-order valence-electron chi connectivity index (χ1n) is 10.9. The normalized spacial score (nSPS) is 19.9. The fraction of sp³-hybridized carbons (Fsp3) is 0.375. The summed E-state index contributed by atoms with van der Waals surface area (Å²) < 4.78 is 24.4. The number of nitrogens with zero attached hydrogens (tertiary/aromatic N) is 3. The van der Waals surface area contributed by atoms with E-state index >= 15 is 0 Å². The topological polar surface area (TPSA) is 97.5 Å². The number of hydrogen-bond acceptors (Lipinski definition) is 6. The molecule has 1 fully saturated rings. The van der Waals surface area contributed by atoms with Crippen molar-refractivity contribution in [1.29, 1.82) is 0 Å². The van der Waals surface area contributed by atoms with E-state index in [4.69, 9.17) is 15.2 Å². The van der Waals surface area contributed by atoms with Gasteiger partial charge in [0.1, 0.15) is 23.3 Å². The Kier molecular flexibility index (Phi) is 6.88. The summed E-state index contributed by atoms with van der Waals surface area (Å²) in [6.45, 7) is 1.43. The lowest BCUT2D eigenvalue weighted by molar-refractivity contribution is -0.126. The first-order valence-corrected chi connectivity index (χ1v) is 10.9. The van der Waals surface area contributed by atoms with Crippen molar-refractivity contribution in [3.63, 3.8) is 0 Å². The van der Waals surface area contributed by atoms with Gasteiger partial charge in [-0.2, -0.15) is 5.10 Å². The van der Waals surface area contributed by atoms with Crippen LogP contribution in [0.15, 0.2) is 53.6 Å². The predicted octanol–water partition coefficient (Wildman–Crippen LogP) is 2.46. The SMILES string of the molecule is COc1cccc(CN(CC2CCCO2)C(=O)C2=NN(c3ccc(F)cc3)C(C(N)=O)C2)c1. The molecule has 8 nitrogen and oxygen atoms in total. The average Bonchev–Trinajstić information content (AvgIpc) is 3.49. The highest BCUT2D eigenvalue weighted by atomic mass is 19.1. The van der Waals surface area contributed by atoms with Gasteiger partial charge >= 0.3 is 0 Å². The molecule has 0 aliphatic carbocycles. The molecule has 2 unspecified atom stereocenters. The van der Waals surface area contributed by atoms with Gasteiger partial charge in [0.25, 0.3) is 5.91 Å². The van der Waals surface area contributed by atoms with Crippen LogP contribution in [0, 0.1) is 5.82 Å². The van der Waals surface area contributed by atoms with Crippen LogP contribution in [0.5, 0.6) is 5.75 Å². The van der Waals surface area contributed by atoms with E-state index in [-0.39, 0.29) is 24.1 Å². The van der Waals surface area contributed by atoms with Crippen molar-refractivity contribution < 1.29 is 23.5 Å². The van der Waals surface area contributed by atoms with E-state index < -0.39 is 17.8 Å². The molecule has 2 heterocycles. The van der Waals surface area contributed by atoms with Gasteiger partial charge in [-0.1, -0.05) is 12.1 Å². The number of halogens is 1. The largest absolute Gasteiger partial charge is 0.497 e. The molecule has 2 aromatic rings. The van der Waals surface area contributed by atoms with Crippen LogP contribution < -0.4 is 15.5 Å². The Morgan fingerprint density at radius 1 is 1.27 bits per heavy atom. The Bertz CT molecular complexity index is 1040. The molecular weight excluding hydrogens is 427 g/mol. The first kappa shape index (κ1) is 22.7. The molecule has 174 valence electrons. The van der Waals surface area contributed by atoms with Crippen LogP contribution in [0.1, 0.15) is 24.8 Å². The molecule has 2 N–H and O–H groups in total. The second-order valence-corrected chi connectivity index (χ2v) is 8.16. The van der Waals surface area contributed by atoms with E-state index in [0.29, 0.717) is 31.1 Å². The van der Waals surface area contributed by atoms with E-state index in [9.17, 15) is 14.0 Å². The molecule has 33 heavy (non-hydrogen) atoms. The molecule has 0 radical (unpaired) electrons. The summed E-state index contributed by atoms with van der Waals surface area (Å²) in [5.74, 6) is -0.602. The van der Waals surface area contributed by atoms with Gasteiger partial charge in [0, 0.05) is 26.1 Å². The van der Waals surface area contributed by atoms with Crippen LogP contribution in [-0.4, -0.2) is 54.8 Å². The van der Waals surface area contributed by atoms with Crippen LogP contribution in [0.2, 0.25) is 0 Å². The third-order valence-corrected chi connectivity index (χ3v) is 5.82. The van der Waals surface area contributed by atoms with Gasteiger partial charge in [0.2, 0.25) is 5.91 Å². The Balaban J connectivity index is 1.60. The number of benzene rings is 2. The third-order valence-electron chi connectivity index (χ3n) is 5.82. The summed E-state index contributed by atoms with van der Waals surface area (Å²) in [4.78, 5) is 27.4. The van der Waals surface area contributed by atoms with Gasteiger partial charge in [0.15, 0.2) is 0 Å². The van der Waals surface area contributed by atoms with Crippen molar-refractivity contribution in [1.82, 2.24) is 4.90 Å². The van der Waals surface area contributed by atoms with Gasteiger partial charge in [-0.15, -0.1) is 0 Å². The quantitative estimate of drug-likeness (QED) is 0.661. The van der Waals surface area contributed by atoms with Crippen LogP contribution in [0.4, 0.5) is 10.1 Å². The number of ether oxygens (including phenoxy) is 2. The fourth-order valence-electron chi connectivity index (χ4n) is 4.12. The zero-order chi connectivity index (χ0) is 23.4. The molecule has 2 aromatic carbocycles. The van der Waals surface area contributed by atoms with E-state index in [1.54, 1.807) is 12.0 Å². The fourth-order valence-corrected chi connectivity index (χ4v) is 4.12. The number of primary amides is 1. The Labute approximate surface area is 191 Å². The lowest BCUT2D eigenvalue weighted by atomic mass is 10.1. The Morgan fingerprint density at radius 3 is 2.73 bits per heavy atom. The van der Waals surface area contributed by atoms with Gasteiger partial charge in [-0.25, -0.2) is 4.39 Å². The highest BCUT2D eigenvalue weighted by molar-refractivity contribution is 6.40. The second kappa shape index (κ2) is 9.99. The predicted molar refractivity (Wildman–Crippen MR) is 121 cm³/mol. The van der Waals surface area contributed by atoms with Crippen molar-refractivity contribution in [3.8, 4) is 5.75 Å². The van der Waals surface area contributed by atoms with E-state index in [2.05, 4.69) is 5.10 Å². The standard InChI is InChI=1S/C24H27FN4O4/c1-32-19-5-2-4-16(12-19)14-28(15-20-6-3-11-33-20)24(31)21-13-22(23(26)30)29(27-21)18-9-7-17(25)8-10-18/h2,4-5,7-10,12,20,22H,3,6,11,13-15H2,1H3,(H2,26,30). The number of hydrogen-bond donors (Lipinski definition) is 1. The minimum absolute atomic E-state index is 0.0540. The number of carbonyl (C=O) groups is 2. The van der Waals surface area contributed by atoms with E-state index in [1.165, 1.54) is 29.3 Å². The number of amides is 2. The zero-order valence-electron chi connectivity index (χ0n) is 18.4. The van der Waals surface area contributed by atoms with Crippen molar-refractivity contribution in [2.75, 3.05) is 25.3 Å². The number of rotatable bonds is 8. The summed E-state index contributed by atoms with van der Waals surface area (Å²) in [5, 5.41) is 5.83. The molecule has 2 aliphatic rings. The molecule has 4 rings (SSSR count). The van der Waals surface area contributed by atoms with E-state index in [0.717, 1.165) is 18.4 Å². The lowest BCUT2D eigenvalue weighted by Gasteiger charge is -2.25. The Hall–Kier alpha value is -3.46. The molecule has 0 bridgehead atoms. The molecular formula is C24H27FN4O4. The number of nitrogens with two attached hydrogens (primary N) is 1. The minimum Gasteiger partial charge on any atom is -0.497 e. The molecule has 2 aliphatic heterocycles. The number of anilines is 1. The van der Waals surface area contributed by atoms with Crippen molar-refractivity contribution in [3.05, 3.63) is 59.9 Å². The summed E-state index contributed by atoms with van der Waals surface area (Å²) in [6, 6.07) is 12.2. The lowest BCUT2D eigenvalue weighted by Crippen LogP contribution is -2.42. The number of carbonyl (C=O) groups excluding carboxylic acids is 2. The third kappa shape index (κ3) is 5.31. The van der Waals surface area contributed by atoms with Crippen LogP contribution in [-0.2, 0) is 20.9 Å². The molecule has 2 amide bonds. The van der Waals surface area contributed by atoms with Gasteiger partial charge in [0.05, 0.1) is 18.9 Å². The maximum Gasteiger partial charge on any atom is 0.270 e. The highest BCUT2D eigenvalue weighted by Gasteiger charge is 2.37.